The average Bonchev–Trinajstić information content (AvgIpc) is 3.39. The van der Waals surface area contributed by atoms with Gasteiger partial charge in [-0.15, -0.1) is 23.5 Å². The number of hydrogen-bond donors (Lipinski definition) is 3. The molecule has 1 aliphatic rings. The van der Waals surface area contributed by atoms with Gasteiger partial charge in [-0.2, -0.15) is 0 Å². The average molecular weight is 547 g/mol. The van der Waals surface area contributed by atoms with Crippen LogP contribution in [-0.4, -0.2) is 41.2 Å². The first-order valence-corrected chi connectivity index (χ1v) is 14.6. The lowest BCUT2D eigenvalue weighted by Crippen LogP contribution is -2.48. The molecule has 0 saturated carbocycles. The fourth-order valence-corrected chi connectivity index (χ4v) is 7.17. The van der Waals surface area contributed by atoms with Crippen LogP contribution in [0.15, 0.2) is 59.2 Å². The van der Waals surface area contributed by atoms with Crippen molar-refractivity contribution in [1.29, 1.82) is 0 Å². The highest BCUT2D eigenvalue weighted by atomic mass is 32.2. The quantitative estimate of drug-likeness (QED) is 0.296. The number of amides is 1. The fourth-order valence-electron chi connectivity index (χ4n) is 4.31. The van der Waals surface area contributed by atoms with E-state index in [-0.39, 0.29) is 23.5 Å². The van der Waals surface area contributed by atoms with E-state index in [4.69, 9.17) is 4.42 Å². The molecule has 2 atom stereocenters. The molecule has 3 aromatic rings. The molecule has 2 heterocycles. The van der Waals surface area contributed by atoms with Gasteiger partial charge < -0.3 is 20.2 Å². The first-order chi connectivity index (χ1) is 17.9. The summed E-state index contributed by atoms with van der Waals surface area (Å²) >= 11 is 3.48. The van der Waals surface area contributed by atoms with E-state index < -0.39 is 23.8 Å². The topological polar surface area (TPSA) is 74.5 Å². The lowest BCUT2D eigenvalue weighted by Gasteiger charge is -2.25. The van der Waals surface area contributed by atoms with Gasteiger partial charge in [-0.05, 0) is 65.7 Å². The zero-order valence-corrected chi connectivity index (χ0v) is 22.3. The van der Waals surface area contributed by atoms with Crippen LogP contribution in [0.2, 0.25) is 0 Å². The number of aliphatic hydroxyl groups is 1. The van der Waals surface area contributed by atoms with Gasteiger partial charge in [-0.1, -0.05) is 31.2 Å². The molecule has 37 heavy (non-hydrogen) atoms. The second kappa shape index (κ2) is 13.5. The van der Waals surface area contributed by atoms with Crippen LogP contribution in [0.5, 0.6) is 0 Å². The predicted molar refractivity (Wildman–Crippen MR) is 146 cm³/mol. The molecule has 2 aromatic carbocycles. The smallest absolute Gasteiger partial charge is 0.255 e. The molecular formula is C28H32F2N2O3S2. The van der Waals surface area contributed by atoms with E-state index in [1.165, 1.54) is 24.0 Å². The van der Waals surface area contributed by atoms with Gasteiger partial charge in [0.15, 0.2) is 0 Å². The Morgan fingerprint density at radius 3 is 2.54 bits per heavy atom. The van der Waals surface area contributed by atoms with Crippen molar-refractivity contribution in [3.63, 3.8) is 0 Å². The number of aliphatic hydroxyl groups excluding tert-OH is 1. The summed E-state index contributed by atoms with van der Waals surface area (Å²) in [5, 5.41) is 17.2. The molecule has 0 spiro atoms. The summed E-state index contributed by atoms with van der Waals surface area (Å²) in [6.07, 6.45) is 2.61. The Balaban J connectivity index is 1.46. The number of benzene rings is 2. The molecule has 5 nitrogen and oxygen atoms in total. The summed E-state index contributed by atoms with van der Waals surface area (Å²) in [6, 6.07) is 12.3. The lowest BCUT2D eigenvalue weighted by atomic mass is 10.00. The van der Waals surface area contributed by atoms with Crippen LogP contribution in [0.3, 0.4) is 0 Å². The van der Waals surface area contributed by atoms with E-state index in [0.717, 1.165) is 36.0 Å². The summed E-state index contributed by atoms with van der Waals surface area (Å²) in [7, 11) is 0. The Morgan fingerprint density at radius 1 is 1.08 bits per heavy atom. The highest BCUT2D eigenvalue weighted by molar-refractivity contribution is 8.16. The van der Waals surface area contributed by atoms with Crippen molar-refractivity contribution < 1.29 is 23.1 Å². The Morgan fingerprint density at radius 2 is 1.81 bits per heavy atom. The summed E-state index contributed by atoms with van der Waals surface area (Å²) in [4.78, 5) is 13.3. The van der Waals surface area contributed by atoms with Crippen LogP contribution in [0.25, 0.3) is 0 Å². The minimum absolute atomic E-state index is 0.0331. The Labute approximate surface area is 224 Å². The van der Waals surface area contributed by atoms with Crippen molar-refractivity contribution in [2.75, 3.05) is 18.1 Å². The predicted octanol–water partition coefficient (Wildman–Crippen LogP) is 5.48. The maximum atomic E-state index is 13.9. The summed E-state index contributed by atoms with van der Waals surface area (Å²) < 4.78 is 33.4. The third kappa shape index (κ3) is 7.83. The van der Waals surface area contributed by atoms with Crippen LogP contribution >= 0.6 is 23.5 Å². The molecule has 1 fully saturated rings. The van der Waals surface area contributed by atoms with Crippen molar-refractivity contribution in [3.8, 4) is 0 Å². The molecular weight excluding hydrogens is 514 g/mol. The standard InChI is InChI=1S/C28H32F2N2O3S2/c1-2-18-5-3-6-19(11-18)16-31-17-25(33)24(14-20-12-21(29)15-22(30)13-20)32-27(34)23-7-8-35-26(23)28-36-9-4-10-37-28/h3,5-8,11-13,15,24-25,28,31,33H,2,4,9-10,14,16-17H2,1H3,(H,32,34)/t24-,25+/m0/s1. The van der Waals surface area contributed by atoms with Gasteiger partial charge in [0.1, 0.15) is 22.0 Å². The van der Waals surface area contributed by atoms with Crippen molar-refractivity contribution >= 4 is 29.4 Å². The number of aryl methyl sites for hydroxylation is 1. The minimum atomic E-state index is -1.00. The monoisotopic (exact) mass is 546 g/mol. The first kappa shape index (κ1) is 27.7. The highest BCUT2D eigenvalue weighted by Gasteiger charge is 2.29. The highest BCUT2D eigenvalue weighted by Crippen LogP contribution is 2.45. The van der Waals surface area contributed by atoms with E-state index >= 15 is 0 Å². The maximum Gasteiger partial charge on any atom is 0.255 e. The van der Waals surface area contributed by atoms with Crippen molar-refractivity contribution in [2.45, 2.75) is 49.5 Å². The third-order valence-electron chi connectivity index (χ3n) is 6.22. The van der Waals surface area contributed by atoms with E-state index in [0.29, 0.717) is 23.4 Å². The van der Waals surface area contributed by atoms with E-state index in [2.05, 4.69) is 29.7 Å². The number of nitrogens with one attached hydrogen (secondary N) is 2. The fraction of sp³-hybridized carbons (Fsp3) is 0.393. The molecule has 1 amide bonds. The zero-order chi connectivity index (χ0) is 26.2. The Hall–Kier alpha value is -2.33. The number of hydrogen-bond acceptors (Lipinski definition) is 6. The number of carbonyl (C=O) groups excluding carboxylic acids is 1. The van der Waals surface area contributed by atoms with Crippen LogP contribution in [0.1, 0.15) is 50.7 Å². The molecule has 0 unspecified atom stereocenters. The molecule has 0 aliphatic carbocycles. The van der Waals surface area contributed by atoms with Crippen LogP contribution in [0.4, 0.5) is 8.78 Å². The van der Waals surface area contributed by atoms with Crippen LogP contribution < -0.4 is 10.6 Å². The van der Waals surface area contributed by atoms with Crippen molar-refractivity contribution in [2.24, 2.45) is 0 Å². The molecule has 3 N–H and O–H groups in total. The summed E-state index contributed by atoms with van der Waals surface area (Å²) in [6.45, 7) is 2.82. The van der Waals surface area contributed by atoms with Gasteiger partial charge in [0.25, 0.3) is 5.91 Å². The van der Waals surface area contributed by atoms with Gasteiger partial charge in [0, 0.05) is 19.2 Å². The molecule has 198 valence electrons. The second-order valence-corrected chi connectivity index (χ2v) is 11.8. The van der Waals surface area contributed by atoms with E-state index in [1.807, 2.05) is 12.1 Å². The normalized spacial score (nSPS) is 15.9. The number of carbonyl (C=O) groups is 1. The van der Waals surface area contributed by atoms with Crippen LogP contribution in [-0.2, 0) is 19.4 Å². The van der Waals surface area contributed by atoms with E-state index in [9.17, 15) is 18.7 Å². The van der Waals surface area contributed by atoms with Crippen LogP contribution in [0, 0.1) is 11.6 Å². The van der Waals surface area contributed by atoms with Gasteiger partial charge in [0.05, 0.1) is 24.0 Å². The van der Waals surface area contributed by atoms with Crippen molar-refractivity contribution in [3.05, 3.63) is 94.4 Å². The minimum Gasteiger partial charge on any atom is -0.466 e. The maximum absolute atomic E-state index is 13.9. The SMILES string of the molecule is CCc1cccc(CNC[C@@H](O)[C@H](Cc2cc(F)cc(F)c2)NC(=O)c2ccoc2C2SCCCS2)c1. The van der Waals surface area contributed by atoms with Gasteiger partial charge in [-0.25, -0.2) is 8.78 Å². The molecule has 1 aliphatic heterocycles. The Kier molecular flexibility index (Phi) is 10.1. The van der Waals surface area contributed by atoms with Gasteiger partial charge in [0.2, 0.25) is 0 Å². The zero-order valence-electron chi connectivity index (χ0n) is 20.7. The first-order valence-electron chi connectivity index (χ1n) is 12.5. The summed E-state index contributed by atoms with van der Waals surface area (Å²) in [5.41, 5.74) is 3.08. The summed E-state index contributed by atoms with van der Waals surface area (Å²) in [5.74, 6) is 0.814. The van der Waals surface area contributed by atoms with Gasteiger partial charge >= 0.3 is 0 Å². The Bertz CT molecular complexity index is 1160. The molecule has 4 rings (SSSR count). The third-order valence-corrected chi connectivity index (χ3v) is 9.12. The van der Waals surface area contributed by atoms with E-state index in [1.54, 1.807) is 29.6 Å². The van der Waals surface area contributed by atoms with Crippen molar-refractivity contribution in [1.82, 2.24) is 10.6 Å². The molecule has 0 radical (unpaired) electrons. The number of furan rings is 1. The molecule has 1 saturated heterocycles. The largest absolute Gasteiger partial charge is 0.466 e. The second-order valence-electron chi connectivity index (χ2n) is 9.06. The molecule has 9 heteroatoms. The molecule has 1 aromatic heterocycles. The number of thioether (sulfide) groups is 2. The lowest BCUT2D eigenvalue weighted by molar-refractivity contribution is 0.0828. The number of halogens is 2. The van der Waals surface area contributed by atoms with Gasteiger partial charge in [-0.3, -0.25) is 4.79 Å². The number of rotatable bonds is 11. The molecule has 0 bridgehead atoms.